The van der Waals surface area contributed by atoms with Gasteiger partial charge in [0.15, 0.2) is 5.58 Å². The third-order valence-corrected chi connectivity index (χ3v) is 6.76. The van der Waals surface area contributed by atoms with E-state index in [2.05, 4.69) is 16.6 Å². The summed E-state index contributed by atoms with van der Waals surface area (Å²) in [6.07, 6.45) is 4.52. The quantitative estimate of drug-likeness (QED) is 0.634. The predicted octanol–water partition coefficient (Wildman–Crippen LogP) is 4.06. The van der Waals surface area contributed by atoms with Crippen molar-refractivity contribution in [1.29, 1.82) is 0 Å². The van der Waals surface area contributed by atoms with E-state index >= 15 is 0 Å². The standard InChI is InChI=1S/C24H27FN4O2/c1-15-4-3-10-29-23(15)26-16(2)19(24(29)30)9-13-28-11-7-17(8-12-28)22-20-6-5-18(25)14-21(20)31-27-22/h5-6,14,17H,1,3-4,7-13H2,2H3. The smallest absolute Gasteiger partial charge is 0.257 e. The number of rotatable bonds is 4. The molecular weight excluding hydrogens is 395 g/mol. The van der Waals surface area contributed by atoms with Crippen LogP contribution in [0.2, 0.25) is 0 Å². The lowest BCUT2D eigenvalue weighted by Gasteiger charge is -2.31. The lowest BCUT2D eigenvalue weighted by molar-refractivity contribution is 0.211. The van der Waals surface area contributed by atoms with Crippen LogP contribution in [0.1, 0.15) is 54.4 Å². The highest BCUT2D eigenvalue weighted by Gasteiger charge is 2.26. The number of allylic oxidation sites excluding steroid dienone is 1. The van der Waals surface area contributed by atoms with Gasteiger partial charge in [-0.05, 0) is 69.8 Å². The van der Waals surface area contributed by atoms with E-state index in [-0.39, 0.29) is 11.4 Å². The van der Waals surface area contributed by atoms with Gasteiger partial charge >= 0.3 is 0 Å². The Kier molecular flexibility index (Phi) is 5.22. The van der Waals surface area contributed by atoms with E-state index in [1.807, 2.05) is 6.92 Å². The van der Waals surface area contributed by atoms with E-state index in [1.165, 1.54) is 12.1 Å². The third kappa shape index (κ3) is 3.71. The molecule has 0 N–H and O–H groups in total. The van der Waals surface area contributed by atoms with Crippen LogP contribution in [0.4, 0.5) is 4.39 Å². The number of likely N-dealkylation sites (tertiary alicyclic amines) is 1. The highest BCUT2D eigenvalue weighted by Crippen LogP contribution is 2.32. The largest absolute Gasteiger partial charge is 0.356 e. The molecule has 0 radical (unpaired) electrons. The molecule has 0 amide bonds. The predicted molar refractivity (Wildman–Crippen MR) is 118 cm³/mol. The lowest BCUT2D eigenvalue weighted by Crippen LogP contribution is -2.37. The van der Waals surface area contributed by atoms with Crippen LogP contribution in [0.5, 0.6) is 0 Å². The monoisotopic (exact) mass is 422 g/mol. The third-order valence-electron chi connectivity index (χ3n) is 6.76. The number of nitrogens with zero attached hydrogens (tertiary/aromatic N) is 4. The maximum Gasteiger partial charge on any atom is 0.257 e. The minimum Gasteiger partial charge on any atom is -0.356 e. The fraction of sp³-hybridized carbons (Fsp3) is 0.458. The number of benzene rings is 1. The Bertz CT molecular complexity index is 1200. The molecule has 1 fully saturated rings. The molecule has 3 aromatic rings. The van der Waals surface area contributed by atoms with Crippen LogP contribution >= 0.6 is 0 Å². The molecule has 2 aliphatic rings. The van der Waals surface area contributed by atoms with E-state index in [0.717, 1.165) is 85.6 Å². The fourth-order valence-electron chi connectivity index (χ4n) is 4.95. The summed E-state index contributed by atoms with van der Waals surface area (Å²) in [6.45, 7) is 9.47. The summed E-state index contributed by atoms with van der Waals surface area (Å²) in [6, 6.07) is 4.61. The van der Waals surface area contributed by atoms with Crippen LogP contribution in [-0.2, 0) is 13.0 Å². The van der Waals surface area contributed by atoms with E-state index in [4.69, 9.17) is 9.51 Å². The van der Waals surface area contributed by atoms with Gasteiger partial charge in [-0.25, -0.2) is 9.37 Å². The molecule has 4 heterocycles. The first kappa shape index (κ1) is 20.1. The highest BCUT2D eigenvalue weighted by molar-refractivity contribution is 5.79. The second-order valence-corrected chi connectivity index (χ2v) is 8.74. The lowest BCUT2D eigenvalue weighted by atomic mass is 9.91. The molecule has 0 atom stereocenters. The molecule has 0 unspecified atom stereocenters. The van der Waals surface area contributed by atoms with Crippen molar-refractivity contribution in [3.8, 4) is 0 Å². The Hall–Kier alpha value is -2.80. The Balaban J connectivity index is 1.24. The number of fused-ring (bicyclic) bond motifs is 2. The SMILES string of the molecule is C=C1CCCn2c1nc(C)c(CCN1CCC(c3noc4cc(F)ccc34)CC1)c2=O. The van der Waals surface area contributed by atoms with Crippen LogP contribution in [0.15, 0.2) is 34.1 Å². The van der Waals surface area contributed by atoms with Crippen molar-refractivity contribution in [2.24, 2.45) is 0 Å². The minimum absolute atomic E-state index is 0.0968. The first-order chi connectivity index (χ1) is 15.0. The molecule has 0 bridgehead atoms. The number of hydrogen-bond donors (Lipinski definition) is 0. The van der Waals surface area contributed by atoms with E-state index in [0.29, 0.717) is 17.9 Å². The molecular formula is C24H27FN4O2. The van der Waals surface area contributed by atoms with Gasteiger partial charge in [0.05, 0.1) is 5.69 Å². The number of hydrogen-bond acceptors (Lipinski definition) is 5. The Morgan fingerprint density at radius 2 is 2.06 bits per heavy atom. The van der Waals surface area contributed by atoms with Crippen molar-refractivity contribution in [2.45, 2.75) is 51.5 Å². The average Bonchev–Trinajstić information content (AvgIpc) is 3.18. The minimum atomic E-state index is -0.308. The van der Waals surface area contributed by atoms with Crippen LogP contribution in [0, 0.1) is 12.7 Å². The summed E-state index contributed by atoms with van der Waals surface area (Å²) in [5, 5.41) is 5.14. The van der Waals surface area contributed by atoms with Crippen molar-refractivity contribution in [1.82, 2.24) is 19.6 Å². The Morgan fingerprint density at radius 3 is 2.87 bits per heavy atom. The molecule has 0 saturated carbocycles. The van der Waals surface area contributed by atoms with Gasteiger partial charge in [-0.2, -0.15) is 0 Å². The first-order valence-electron chi connectivity index (χ1n) is 11.1. The van der Waals surface area contributed by atoms with E-state index in [1.54, 1.807) is 10.6 Å². The summed E-state index contributed by atoms with van der Waals surface area (Å²) in [4.78, 5) is 20.1. The fourth-order valence-corrected chi connectivity index (χ4v) is 4.95. The molecule has 0 spiro atoms. The number of halogens is 1. The molecule has 162 valence electrons. The van der Waals surface area contributed by atoms with Crippen LogP contribution < -0.4 is 5.56 Å². The zero-order valence-corrected chi connectivity index (χ0v) is 17.9. The number of piperidine rings is 1. The molecule has 2 aliphatic heterocycles. The van der Waals surface area contributed by atoms with E-state index < -0.39 is 0 Å². The molecule has 2 aromatic heterocycles. The number of aromatic nitrogens is 3. The Labute approximate surface area is 180 Å². The maximum absolute atomic E-state index is 13.4. The van der Waals surface area contributed by atoms with Crippen molar-refractivity contribution < 1.29 is 8.91 Å². The van der Waals surface area contributed by atoms with Crippen molar-refractivity contribution in [3.63, 3.8) is 0 Å². The van der Waals surface area contributed by atoms with Crippen molar-refractivity contribution in [2.75, 3.05) is 19.6 Å². The van der Waals surface area contributed by atoms with Gasteiger partial charge in [-0.3, -0.25) is 9.36 Å². The zero-order chi connectivity index (χ0) is 21.5. The number of aryl methyl sites for hydroxylation is 1. The highest BCUT2D eigenvalue weighted by atomic mass is 19.1. The topological polar surface area (TPSA) is 64.2 Å². The molecule has 1 aromatic carbocycles. The van der Waals surface area contributed by atoms with Gasteiger partial charge < -0.3 is 9.42 Å². The summed E-state index contributed by atoms with van der Waals surface area (Å²) in [7, 11) is 0. The molecule has 0 aliphatic carbocycles. The van der Waals surface area contributed by atoms with Gasteiger partial charge in [0.1, 0.15) is 11.6 Å². The summed E-state index contributed by atoms with van der Waals surface area (Å²) in [5.74, 6) is 0.766. The van der Waals surface area contributed by atoms with Gasteiger partial charge in [-0.15, -0.1) is 0 Å². The van der Waals surface area contributed by atoms with Crippen LogP contribution in [0.3, 0.4) is 0 Å². The van der Waals surface area contributed by atoms with Crippen molar-refractivity contribution in [3.05, 3.63) is 63.7 Å². The average molecular weight is 423 g/mol. The van der Waals surface area contributed by atoms with Crippen molar-refractivity contribution >= 4 is 16.5 Å². The molecule has 1 saturated heterocycles. The molecule has 31 heavy (non-hydrogen) atoms. The van der Waals surface area contributed by atoms with Crippen LogP contribution in [-0.4, -0.2) is 39.2 Å². The molecule has 6 nitrogen and oxygen atoms in total. The summed E-state index contributed by atoms with van der Waals surface area (Å²) in [5.41, 5.74) is 4.15. The van der Waals surface area contributed by atoms with Gasteiger partial charge in [0.25, 0.3) is 5.56 Å². The summed E-state index contributed by atoms with van der Waals surface area (Å²) < 4.78 is 20.6. The molecule has 5 rings (SSSR count). The first-order valence-corrected chi connectivity index (χ1v) is 11.1. The second-order valence-electron chi connectivity index (χ2n) is 8.74. The van der Waals surface area contributed by atoms with Gasteiger partial charge in [-0.1, -0.05) is 11.7 Å². The Morgan fingerprint density at radius 1 is 1.26 bits per heavy atom. The molecule has 7 heteroatoms. The normalized spacial score (nSPS) is 17.9. The van der Waals surface area contributed by atoms with Gasteiger partial charge in [0.2, 0.25) is 0 Å². The second kappa shape index (κ2) is 8.04. The maximum atomic E-state index is 13.4. The summed E-state index contributed by atoms with van der Waals surface area (Å²) >= 11 is 0. The van der Waals surface area contributed by atoms with E-state index in [9.17, 15) is 9.18 Å². The zero-order valence-electron chi connectivity index (χ0n) is 17.9. The van der Waals surface area contributed by atoms with Gasteiger partial charge in [0, 0.05) is 41.7 Å². The van der Waals surface area contributed by atoms with Crippen LogP contribution in [0.25, 0.3) is 16.5 Å².